The summed E-state index contributed by atoms with van der Waals surface area (Å²) in [5.41, 5.74) is 1.39. The van der Waals surface area contributed by atoms with Gasteiger partial charge < -0.3 is 4.79 Å². The highest BCUT2D eigenvalue weighted by Gasteiger charge is 2.39. The first-order valence-corrected chi connectivity index (χ1v) is 6.21. The average Bonchev–Trinajstić information content (AvgIpc) is 3.18. The van der Waals surface area contributed by atoms with E-state index in [-0.39, 0.29) is 17.4 Å². The summed E-state index contributed by atoms with van der Waals surface area (Å²) in [4.78, 5) is 10.8. The Hall–Kier alpha value is -2.03. The Kier molecular flexibility index (Phi) is 2.90. The molecule has 2 aromatic rings. The summed E-state index contributed by atoms with van der Waals surface area (Å²) in [5, 5.41) is 0. The topological polar surface area (TPSA) is 17.1 Å². The van der Waals surface area contributed by atoms with Gasteiger partial charge in [0.2, 0.25) is 0 Å². The van der Waals surface area contributed by atoms with Crippen molar-refractivity contribution in [1.29, 1.82) is 0 Å². The van der Waals surface area contributed by atoms with Crippen molar-refractivity contribution in [3.8, 4) is 11.1 Å². The van der Waals surface area contributed by atoms with E-state index in [9.17, 15) is 13.6 Å². The lowest BCUT2D eigenvalue weighted by molar-refractivity contribution is -0.108. The molecule has 19 heavy (non-hydrogen) atoms. The summed E-state index contributed by atoms with van der Waals surface area (Å²) in [5.74, 6) is -1.07. The van der Waals surface area contributed by atoms with Crippen LogP contribution in [0.15, 0.2) is 42.5 Å². The quantitative estimate of drug-likeness (QED) is 0.762. The van der Waals surface area contributed by atoms with E-state index in [1.165, 1.54) is 18.2 Å². The number of benzene rings is 2. The van der Waals surface area contributed by atoms with E-state index in [0.29, 0.717) is 5.56 Å². The van der Waals surface area contributed by atoms with Gasteiger partial charge in [-0.05, 0) is 35.6 Å². The molecule has 2 atom stereocenters. The van der Waals surface area contributed by atoms with Crippen molar-refractivity contribution in [2.45, 2.75) is 12.3 Å². The van der Waals surface area contributed by atoms with E-state index in [2.05, 4.69) is 0 Å². The van der Waals surface area contributed by atoms with Crippen LogP contribution in [0.5, 0.6) is 0 Å². The molecule has 0 bridgehead atoms. The highest BCUT2D eigenvalue weighted by Crippen LogP contribution is 2.49. The fraction of sp³-hybridized carbons (Fsp3) is 0.188. The van der Waals surface area contributed by atoms with Gasteiger partial charge in [0.15, 0.2) is 0 Å². The maximum atomic E-state index is 13.9. The molecule has 0 amide bonds. The van der Waals surface area contributed by atoms with E-state index in [4.69, 9.17) is 0 Å². The van der Waals surface area contributed by atoms with E-state index in [0.717, 1.165) is 18.3 Å². The zero-order chi connectivity index (χ0) is 13.4. The molecule has 0 saturated heterocycles. The van der Waals surface area contributed by atoms with Crippen LogP contribution in [0.25, 0.3) is 11.1 Å². The molecular formula is C16H12F2O. The Bertz CT molecular complexity index is 616. The normalized spacial score (nSPS) is 21.2. The molecule has 0 radical (unpaired) electrons. The van der Waals surface area contributed by atoms with Gasteiger partial charge in [-0.1, -0.05) is 30.3 Å². The lowest BCUT2D eigenvalue weighted by atomic mass is 9.95. The minimum Gasteiger partial charge on any atom is -0.303 e. The first-order valence-electron chi connectivity index (χ1n) is 6.21. The molecule has 0 spiro atoms. The number of aldehydes is 1. The zero-order valence-electron chi connectivity index (χ0n) is 10.1. The lowest BCUT2D eigenvalue weighted by Crippen LogP contribution is -1.95. The molecule has 2 unspecified atom stereocenters. The van der Waals surface area contributed by atoms with Gasteiger partial charge in [-0.25, -0.2) is 8.78 Å². The van der Waals surface area contributed by atoms with Gasteiger partial charge in [0.25, 0.3) is 0 Å². The zero-order valence-corrected chi connectivity index (χ0v) is 10.1. The van der Waals surface area contributed by atoms with E-state index < -0.39 is 11.6 Å². The summed E-state index contributed by atoms with van der Waals surface area (Å²) < 4.78 is 27.7. The Balaban J connectivity index is 2.13. The molecule has 2 aromatic carbocycles. The third kappa shape index (κ3) is 2.05. The van der Waals surface area contributed by atoms with Gasteiger partial charge in [-0.2, -0.15) is 0 Å². The second-order valence-electron chi connectivity index (χ2n) is 4.83. The lowest BCUT2D eigenvalue weighted by Gasteiger charge is -2.10. The first kappa shape index (κ1) is 12.0. The van der Waals surface area contributed by atoms with Crippen molar-refractivity contribution in [3.05, 3.63) is 59.7 Å². The van der Waals surface area contributed by atoms with Crippen LogP contribution >= 0.6 is 0 Å². The maximum absolute atomic E-state index is 13.9. The number of carbonyl (C=O) groups is 1. The van der Waals surface area contributed by atoms with Gasteiger partial charge in [-0.3, -0.25) is 0 Å². The monoisotopic (exact) mass is 258 g/mol. The van der Waals surface area contributed by atoms with Crippen LogP contribution in [-0.4, -0.2) is 6.29 Å². The fourth-order valence-electron chi connectivity index (χ4n) is 2.53. The molecule has 3 heteroatoms. The molecule has 1 fully saturated rings. The van der Waals surface area contributed by atoms with Crippen LogP contribution < -0.4 is 0 Å². The minimum atomic E-state index is -0.573. The van der Waals surface area contributed by atoms with E-state index in [1.54, 1.807) is 12.1 Å². The number of halogens is 2. The van der Waals surface area contributed by atoms with Crippen LogP contribution in [0.4, 0.5) is 8.78 Å². The highest BCUT2D eigenvalue weighted by atomic mass is 19.1. The molecule has 0 aromatic heterocycles. The van der Waals surface area contributed by atoms with Crippen LogP contribution in [-0.2, 0) is 4.79 Å². The Labute approximate surface area is 109 Å². The molecule has 1 aliphatic carbocycles. The molecule has 1 aliphatic rings. The van der Waals surface area contributed by atoms with E-state index >= 15 is 0 Å². The average molecular weight is 258 g/mol. The molecule has 0 heterocycles. The largest absolute Gasteiger partial charge is 0.303 e. The molecule has 0 aliphatic heterocycles. The van der Waals surface area contributed by atoms with Crippen LogP contribution in [0.2, 0.25) is 0 Å². The van der Waals surface area contributed by atoms with Crippen LogP contribution in [0.3, 0.4) is 0 Å². The molecular weight excluding hydrogens is 246 g/mol. The summed E-state index contributed by atoms with van der Waals surface area (Å²) in [6.45, 7) is 0. The predicted molar refractivity (Wildman–Crippen MR) is 68.7 cm³/mol. The number of carbonyl (C=O) groups excluding carboxylic acids is 1. The third-order valence-electron chi connectivity index (χ3n) is 3.61. The van der Waals surface area contributed by atoms with E-state index in [1.807, 2.05) is 12.1 Å². The SMILES string of the molecule is O=CC1CC1c1ccccc1-c1c(F)cccc1F. The van der Waals surface area contributed by atoms with Crippen LogP contribution in [0.1, 0.15) is 17.9 Å². The van der Waals surface area contributed by atoms with Gasteiger partial charge in [0.05, 0.1) is 5.56 Å². The second kappa shape index (κ2) is 4.57. The van der Waals surface area contributed by atoms with Gasteiger partial charge >= 0.3 is 0 Å². The van der Waals surface area contributed by atoms with Crippen LogP contribution in [0, 0.1) is 17.6 Å². The van der Waals surface area contributed by atoms with Crippen molar-refractivity contribution in [2.24, 2.45) is 5.92 Å². The summed E-state index contributed by atoms with van der Waals surface area (Å²) >= 11 is 0. The predicted octanol–water partition coefficient (Wildman–Crippen LogP) is 3.93. The molecule has 0 N–H and O–H groups in total. The van der Waals surface area contributed by atoms with Gasteiger partial charge in [0, 0.05) is 5.92 Å². The molecule has 3 rings (SSSR count). The second-order valence-corrected chi connectivity index (χ2v) is 4.83. The summed E-state index contributed by atoms with van der Waals surface area (Å²) in [6, 6.07) is 11.0. The highest BCUT2D eigenvalue weighted by molar-refractivity contribution is 5.72. The van der Waals surface area contributed by atoms with Gasteiger partial charge in [0.1, 0.15) is 17.9 Å². The standard InChI is InChI=1S/C16H12F2O/c17-14-6-3-7-15(18)16(14)12-5-2-1-4-11(12)13-8-10(13)9-19/h1-7,9-10,13H,8H2. The minimum absolute atomic E-state index is 0.00495. The third-order valence-corrected chi connectivity index (χ3v) is 3.61. The number of rotatable bonds is 3. The Morgan fingerprint density at radius 3 is 2.32 bits per heavy atom. The van der Waals surface area contributed by atoms with Crippen molar-refractivity contribution in [1.82, 2.24) is 0 Å². The summed E-state index contributed by atoms with van der Waals surface area (Å²) in [7, 11) is 0. The Morgan fingerprint density at radius 2 is 1.68 bits per heavy atom. The van der Waals surface area contributed by atoms with Crippen molar-refractivity contribution >= 4 is 6.29 Å². The van der Waals surface area contributed by atoms with Gasteiger partial charge in [-0.15, -0.1) is 0 Å². The number of hydrogen-bond acceptors (Lipinski definition) is 1. The summed E-state index contributed by atoms with van der Waals surface area (Å²) in [6.07, 6.45) is 1.68. The molecule has 96 valence electrons. The van der Waals surface area contributed by atoms with Crippen molar-refractivity contribution < 1.29 is 13.6 Å². The Morgan fingerprint density at radius 1 is 1.00 bits per heavy atom. The smallest absolute Gasteiger partial charge is 0.133 e. The fourth-order valence-corrected chi connectivity index (χ4v) is 2.53. The molecule has 1 nitrogen and oxygen atoms in total. The molecule has 1 saturated carbocycles. The first-order chi connectivity index (χ1) is 9.22. The van der Waals surface area contributed by atoms with Crippen molar-refractivity contribution in [3.63, 3.8) is 0 Å². The van der Waals surface area contributed by atoms with Crippen molar-refractivity contribution in [2.75, 3.05) is 0 Å². The number of hydrogen-bond donors (Lipinski definition) is 0. The maximum Gasteiger partial charge on any atom is 0.133 e.